The van der Waals surface area contributed by atoms with Crippen LogP contribution in [-0.2, 0) is 11.3 Å². The first-order chi connectivity index (χ1) is 14.5. The summed E-state index contributed by atoms with van der Waals surface area (Å²) in [5, 5.41) is 25.6. The summed E-state index contributed by atoms with van der Waals surface area (Å²) in [7, 11) is 0. The molecular formula is C23H27N3O4. The molecule has 2 heterocycles. The molecule has 158 valence electrons. The second kappa shape index (κ2) is 8.93. The zero-order valence-electron chi connectivity index (χ0n) is 17.1. The third kappa shape index (κ3) is 4.52. The van der Waals surface area contributed by atoms with Crippen molar-refractivity contribution < 1.29 is 19.7 Å². The average Bonchev–Trinajstić information content (AvgIpc) is 3.40. The van der Waals surface area contributed by atoms with Crippen molar-refractivity contribution in [3.8, 4) is 0 Å². The smallest absolute Gasteiger partial charge is 0.337 e. The van der Waals surface area contributed by atoms with E-state index in [-0.39, 0.29) is 17.8 Å². The van der Waals surface area contributed by atoms with Gasteiger partial charge in [-0.3, -0.25) is 9.67 Å². The topological polar surface area (TPSA) is 97.5 Å². The van der Waals surface area contributed by atoms with Crippen LogP contribution in [0.1, 0.15) is 59.8 Å². The summed E-state index contributed by atoms with van der Waals surface area (Å²) in [5.41, 5.74) is 2.30. The van der Waals surface area contributed by atoms with E-state index >= 15 is 0 Å². The lowest BCUT2D eigenvalue weighted by Crippen LogP contribution is -2.28. The van der Waals surface area contributed by atoms with Crippen LogP contribution in [0.15, 0.2) is 42.7 Å². The van der Waals surface area contributed by atoms with Gasteiger partial charge >= 0.3 is 5.97 Å². The normalized spacial score (nSPS) is 16.7. The number of hydrogen-bond acceptors (Lipinski definition) is 5. The lowest BCUT2D eigenvalue weighted by Gasteiger charge is -2.27. The number of fused-ring (bicyclic) bond motifs is 1. The van der Waals surface area contributed by atoms with Gasteiger partial charge in [0.2, 0.25) is 0 Å². The van der Waals surface area contributed by atoms with Crippen LogP contribution in [0.4, 0.5) is 0 Å². The van der Waals surface area contributed by atoms with Gasteiger partial charge in [-0.05, 0) is 38.3 Å². The van der Waals surface area contributed by atoms with E-state index in [1.807, 2.05) is 31.3 Å². The third-order valence-corrected chi connectivity index (χ3v) is 5.75. The van der Waals surface area contributed by atoms with Crippen LogP contribution >= 0.6 is 0 Å². The van der Waals surface area contributed by atoms with Crippen molar-refractivity contribution in [1.29, 1.82) is 0 Å². The minimum absolute atomic E-state index is 0.165. The highest BCUT2D eigenvalue weighted by Gasteiger charge is 2.27. The van der Waals surface area contributed by atoms with Gasteiger partial charge in [0.15, 0.2) is 0 Å². The minimum Gasteiger partial charge on any atom is -0.478 e. The van der Waals surface area contributed by atoms with Crippen LogP contribution in [0.25, 0.3) is 10.9 Å². The molecule has 3 aromatic rings. The van der Waals surface area contributed by atoms with E-state index in [9.17, 15) is 15.0 Å². The monoisotopic (exact) mass is 409 g/mol. The van der Waals surface area contributed by atoms with E-state index in [4.69, 9.17) is 4.74 Å². The van der Waals surface area contributed by atoms with E-state index in [1.165, 1.54) is 0 Å². The van der Waals surface area contributed by atoms with Gasteiger partial charge in [-0.25, -0.2) is 4.79 Å². The highest BCUT2D eigenvalue weighted by Crippen LogP contribution is 2.29. The second-order valence-electron chi connectivity index (χ2n) is 7.99. The van der Waals surface area contributed by atoms with Gasteiger partial charge in [0.05, 0.1) is 17.8 Å². The first kappa shape index (κ1) is 20.5. The number of carbonyl (C=O) groups is 1. The number of aliphatic hydroxyl groups is 1. The third-order valence-electron chi connectivity index (χ3n) is 5.75. The minimum atomic E-state index is -0.990. The molecule has 4 rings (SSSR count). The number of carboxylic acids is 1. The van der Waals surface area contributed by atoms with Crippen molar-refractivity contribution in [2.75, 3.05) is 0 Å². The Morgan fingerprint density at radius 3 is 2.77 bits per heavy atom. The Kier molecular flexibility index (Phi) is 6.11. The molecule has 1 saturated carbocycles. The first-order valence-corrected chi connectivity index (χ1v) is 10.5. The summed E-state index contributed by atoms with van der Waals surface area (Å²) < 4.78 is 8.04. The molecule has 0 unspecified atom stereocenters. The van der Waals surface area contributed by atoms with Crippen molar-refractivity contribution >= 4 is 16.9 Å². The fraction of sp³-hybridized carbons (Fsp3) is 0.435. The molecule has 2 aromatic heterocycles. The molecule has 0 radical (unpaired) electrons. The van der Waals surface area contributed by atoms with Gasteiger partial charge in [0.1, 0.15) is 11.6 Å². The summed E-state index contributed by atoms with van der Waals surface area (Å²) in [5.74, 6) is -0.990. The number of aromatic carboxylic acids is 1. The zero-order valence-corrected chi connectivity index (χ0v) is 17.1. The number of benzene rings is 1. The highest BCUT2D eigenvalue weighted by molar-refractivity contribution is 6.01. The molecule has 7 heteroatoms. The number of aromatic nitrogens is 3. The van der Waals surface area contributed by atoms with Gasteiger partial charge in [0, 0.05) is 35.6 Å². The molecule has 0 bridgehead atoms. The predicted molar refractivity (Wildman–Crippen MR) is 112 cm³/mol. The lowest BCUT2D eigenvalue weighted by atomic mass is 10.0. The Hall–Kier alpha value is -2.77. The maximum atomic E-state index is 11.4. The van der Waals surface area contributed by atoms with Crippen molar-refractivity contribution in [3.63, 3.8) is 0 Å². The van der Waals surface area contributed by atoms with E-state index < -0.39 is 12.1 Å². The van der Waals surface area contributed by atoms with Crippen molar-refractivity contribution in [3.05, 3.63) is 59.5 Å². The number of aryl methyl sites for hydroxylation is 2. The Balaban J connectivity index is 1.52. The van der Waals surface area contributed by atoms with Gasteiger partial charge in [-0.1, -0.05) is 31.0 Å². The molecule has 1 fully saturated rings. The van der Waals surface area contributed by atoms with Crippen molar-refractivity contribution in [2.45, 2.75) is 63.9 Å². The Morgan fingerprint density at radius 1 is 1.27 bits per heavy atom. The van der Waals surface area contributed by atoms with E-state index in [0.717, 1.165) is 42.3 Å². The number of pyridine rings is 1. The first-order valence-electron chi connectivity index (χ1n) is 10.5. The van der Waals surface area contributed by atoms with Crippen molar-refractivity contribution in [2.24, 2.45) is 0 Å². The number of nitrogens with zero attached hydrogens (tertiary/aromatic N) is 3. The van der Waals surface area contributed by atoms with Gasteiger partial charge in [-0.15, -0.1) is 0 Å². The van der Waals surface area contributed by atoms with Crippen LogP contribution in [0, 0.1) is 6.92 Å². The molecule has 2 N–H and O–H groups in total. The Bertz CT molecular complexity index is 1010. The average molecular weight is 409 g/mol. The summed E-state index contributed by atoms with van der Waals surface area (Å²) in [6, 6.07) is 8.91. The summed E-state index contributed by atoms with van der Waals surface area (Å²) >= 11 is 0. The summed E-state index contributed by atoms with van der Waals surface area (Å²) in [4.78, 5) is 15.7. The number of rotatable bonds is 8. The number of carboxylic acid groups (broad SMARTS) is 1. The molecule has 1 aromatic carbocycles. The maximum absolute atomic E-state index is 11.4. The van der Waals surface area contributed by atoms with Gasteiger partial charge < -0.3 is 14.9 Å². The molecule has 1 aliphatic carbocycles. The lowest BCUT2D eigenvalue weighted by molar-refractivity contribution is -0.0813. The van der Waals surface area contributed by atoms with E-state index in [2.05, 4.69) is 10.1 Å². The predicted octanol–water partition coefficient (Wildman–Crippen LogP) is 3.89. The quantitative estimate of drug-likeness (QED) is 0.586. The van der Waals surface area contributed by atoms with Crippen LogP contribution in [-0.4, -0.2) is 43.2 Å². The molecule has 0 aliphatic heterocycles. The van der Waals surface area contributed by atoms with Crippen molar-refractivity contribution in [1.82, 2.24) is 14.8 Å². The SMILES string of the molecule is Cc1ccc([C@@H](O)[C@H](CCn2cc3cccc(C(=O)O)c3n2)OC2CCCC2)cn1. The second-order valence-corrected chi connectivity index (χ2v) is 7.99. The summed E-state index contributed by atoms with van der Waals surface area (Å²) in [6.45, 7) is 2.43. The molecule has 0 saturated heterocycles. The fourth-order valence-corrected chi connectivity index (χ4v) is 4.08. The summed E-state index contributed by atoms with van der Waals surface area (Å²) in [6.07, 6.45) is 7.44. The number of hydrogen-bond donors (Lipinski definition) is 2. The van der Waals surface area contributed by atoms with Crippen LogP contribution in [0.5, 0.6) is 0 Å². The van der Waals surface area contributed by atoms with Gasteiger partial charge in [0.25, 0.3) is 0 Å². The van der Waals surface area contributed by atoms with Crippen LogP contribution in [0.2, 0.25) is 0 Å². The number of aliphatic hydroxyl groups excluding tert-OH is 1. The Morgan fingerprint density at radius 2 is 2.07 bits per heavy atom. The molecule has 0 amide bonds. The molecule has 0 spiro atoms. The molecule has 30 heavy (non-hydrogen) atoms. The zero-order chi connectivity index (χ0) is 21.1. The van der Waals surface area contributed by atoms with Crippen LogP contribution < -0.4 is 0 Å². The van der Waals surface area contributed by atoms with Gasteiger partial charge in [-0.2, -0.15) is 5.10 Å². The number of ether oxygens (including phenoxy) is 1. The highest BCUT2D eigenvalue weighted by atomic mass is 16.5. The Labute approximate surface area is 175 Å². The molecule has 1 aliphatic rings. The van der Waals surface area contributed by atoms with E-state index in [0.29, 0.717) is 18.5 Å². The standard InChI is InChI=1S/C23H27N3O4/c1-15-9-10-16(13-24-15)22(27)20(30-18-6-2-3-7-18)11-12-26-14-17-5-4-8-19(23(28)29)21(17)25-26/h4-5,8-10,13-14,18,20,22,27H,2-3,6-7,11-12H2,1H3,(H,28,29)/t20-,22+/m0/s1. The maximum Gasteiger partial charge on any atom is 0.337 e. The van der Waals surface area contributed by atoms with Crippen LogP contribution in [0.3, 0.4) is 0 Å². The largest absolute Gasteiger partial charge is 0.478 e. The molecule has 7 nitrogen and oxygen atoms in total. The molecular weight excluding hydrogens is 382 g/mol. The fourth-order valence-electron chi connectivity index (χ4n) is 4.08. The molecule has 2 atom stereocenters. The van der Waals surface area contributed by atoms with E-state index in [1.54, 1.807) is 23.0 Å².